The van der Waals surface area contributed by atoms with Gasteiger partial charge in [0.05, 0.1) is 5.57 Å². The normalized spacial score (nSPS) is 13.7. The van der Waals surface area contributed by atoms with Crippen LogP contribution in [-0.2, 0) is 19.1 Å². The Labute approximate surface area is 179 Å². The molecule has 0 spiro atoms. The van der Waals surface area contributed by atoms with Crippen molar-refractivity contribution in [1.29, 1.82) is 0 Å². The zero-order valence-electron chi connectivity index (χ0n) is 17.4. The number of hydrogen-bond acceptors (Lipinski definition) is 5. The van der Waals surface area contributed by atoms with Gasteiger partial charge in [-0.3, -0.25) is 19.3 Å². The molecule has 2 N–H and O–H groups in total. The van der Waals surface area contributed by atoms with Crippen LogP contribution in [0.5, 0.6) is 0 Å². The number of rotatable bonds is 9. The number of halogens is 1. The van der Waals surface area contributed by atoms with Gasteiger partial charge in [-0.05, 0) is 55.3 Å². The average Bonchev–Trinajstić information content (AvgIpc) is 2.97. The van der Waals surface area contributed by atoms with Gasteiger partial charge in [0.25, 0.3) is 11.8 Å². The lowest BCUT2D eigenvalue weighted by Crippen LogP contribution is -2.34. The fraction of sp³-hybridized carbons (Fsp3) is 0.261. The quantitative estimate of drug-likeness (QED) is 0.475. The molecule has 2 aromatic carbocycles. The van der Waals surface area contributed by atoms with E-state index in [0.29, 0.717) is 36.6 Å². The van der Waals surface area contributed by atoms with Gasteiger partial charge in [0.2, 0.25) is 5.91 Å². The number of ether oxygens (including phenoxy) is 1. The predicted octanol–water partition coefficient (Wildman–Crippen LogP) is 3.40. The highest BCUT2D eigenvalue weighted by Gasteiger charge is 2.38. The molecule has 7 nitrogen and oxygen atoms in total. The first kappa shape index (κ1) is 22.2. The minimum atomic E-state index is -0.452. The van der Waals surface area contributed by atoms with Crippen LogP contribution in [0.15, 0.2) is 54.2 Å². The number of anilines is 2. The van der Waals surface area contributed by atoms with Gasteiger partial charge in [-0.15, -0.1) is 0 Å². The number of nitrogens with zero attached hydrogens (tertiary/aromatic N) is 1. The molecule has 0 bridgehead atoms. The number of carbonyl (C=O) groups is 3. The third-order valence-corrected chi connectivity index (χ3v) is 4.65. The molecule has 1 aliphatic rings. The fourth-order valence-corrected chi connectivity index (χ4v) is 3.23. The molecule has 2 aromatic rings. The molecular formula is C23H24FN3O4. The summed E-state index contributed by atoms with van der Waals surface area (Å²) in [7, 11) is 0. The molecule has 3 rings (SSSR count). The highest BCUT2D eigenvalue weighted by Crippen LogP contribution is 2.31. The minimum absolute atomic E-state index is 0.125. The summed E-state index contributed by atoms with van der Waals surface area (Å²) in [4.78, 5) is 38.5. The molecule has 0 atom stereocenters. The summed E-state index contributed by atoms with van der Waals surface area (Å²) in [5.41, 5.74) is 1.94. The summed E-state index contributed by atoms with van der Waals surface area (Å²) in [5.74, 6) is -1.52. The first-order chi connectivity index (χ1) is 14.9. The third kappa shape index (κ3) is 5.35. The lowest BCUT2D eigenvalue weighted by molar-refractivity contribution is -0.137. The van der Waals surface area contributed by atoms with Crippen LogP contribution in [-0.4, -0.2) is 42.4 Å². The Kier molecular flexibility index (Phi) is 7.15. The van der Waals surface area contributed by atoms with Crippen molar-refractivity contribution in [2.75, 3.05) is 30.4 Å². The van der Waals surface area contributed by atoms with Gasteiger partial charge in [-0.1, -0.05) is 12.1 Å². The fourth-order valence-electron chi connectivity index (χ4n) is 3.23. The van der Waals surface area contributed by atoms with Crippen molar-refractivity contribution < 1.29 is 23.5 Å². The van der Waals surface area contributed by atoms with Crippen molar-refractivity contribution in [3.8, 4) is 0 Å². The van der Waals surface area contributed by atoms with E-state index in [0.717, 1.165) is 0 Å². The van der Waals surface area contributed by atoms with Crippen molar-refractivity contribution in [2.45, 2.75) is 20.3 Å². The first-order valence-electron chi connectivity index (χ1n) is 9.99. The first-order valence-corrected chi connectivity index (χ1v) is 9.99. The molecule has 8 heteroatoms. The molecule has 0 radical (unpaired) electrons. The van der Waals surface area contributed by atoms with Gasteiger partial charge in [0.15, 0.2) is 0 Å². The molecule has 31 heavy (non-hydrogen) atoms. The van der Waals surface area contributed by atoms with Crippen molar-refractivity contribution >= 4 is 34.7 Å². The lowest BCUT2D eigenvalue weighted by atomic mass is 10.0. The Bertz CT molecular complexity index is 1000. The molecule has 1 heterocycles. The maximum Gasteiger partial charge on any atom is 0.278 e. The Morgan fingerprint density at radius 2 is 1.65 bits per heavy atom. The van der Waals surface area contributed by atoms with E-state index < -0.39 is 17.6 Å². The third-order valence-electron chi connectivity index (χ3n) is 4.65. The SMILES string of the molecule is CCOCCCN1C(=O)C(Nc2ccc(NC(C)=O)cc2)=C(c2ccc(F)cc2)C1=O. The summed E-state index contributed by atoms with van der Waals surface area (Å²) >= 11 is 0. The van der Waals surface area contributed by atoms with Crippen LogP contribution in [0.25, 0.3) is 5.57 Å². The van der Waals surface area contributed by atoms with Gasteiger partial charge in [0.1, 0.15) is 11.5 Å². The molecule has 1 aliphatic heterocycles. The number of benzene rings is 2. The van der Waals surface area contributed by atoms with E-state index in [2.05, 4.69) is 10.6 Å². The van der Waals surface area contributed by atoms with Crippen LogP contribution in [0, 0.1) is 5.82 Å². The highest BCUT2D eigenvalue weighted by molar-refractivity contribution is 6.36. The lowest BCUT2D eigenvalue weighted by Gasteiger charge is -2.15. The average molecular weight is 425 g/mol. The van der Waals surface area contributed by atoms with Gasteiger partial charge >= 0.3 is 0 Å². The number of nitrogens with one attached hydrogen (secondary N) is 2. The molecule has 0 fully saturated rings. The Morgan fingerprint density at radius 1 is 1.00 bits per heavy atom. The van der Waals surface area contributed by atoms with E-state index in [-0.39, 0.29) is 23.7 Å². The summed E-state index contributed by atoms with van der Waals surface area (Å²) < 4.78 is 18.7. The molecule has 0 saturated carbocycles. The van der Waals surface area contributed by atoms with Crippen LogP contribution in [0.1, 0.15) is 25.8 Å². The van der Waals surface area contributed by atoms with Crippen molar-refractivity contribution in [3.05, 3.63) is 65.6 Å². The molecule has 0 unspecified atom stereocenters. The summed E-state index contributed by atoms with van der Waals surface area (Å²) in [6, 6.07) is 12.2. The van der Waals surface area contributed by atoms with Crippen LogP contribution in [0.3, 0.4) is 0 Å². The van der Waals surface area contributed by atoms with Crippen LogP contribution < -0.4 is 10.6 Å². The number of carbonyl (C=O) groups excluding carboxylic acids is 3. The van der Waals surface area contributed by atoms with Crippen LogP contribution >= 0.6 is 0 Å². The molecular weight excluding hydrogens is 401 g/mol. The summed E-state index contributed by atoms with van der Waals surface area (Å²) in [6.07, 6.45) is 0.515. The highest BCUT2D eigenvalue weighted by atomic mass is 19.1. The Balaban J connectivity index is 1.89. The van der Waals surface area contributed by atoms with E-state index >= 15 is 0 Å². The largest absolute Gasteiger partial charge is 0.382 e. The van der Waals surface area contributed by atoms with Gasteiger partial charge in [0, 0.05) is 38.1 Å². The second-order valence-corrected chi connectivity index (χ2v) is 6.95. The molecule has 0 aromatic heterocycles. The molecule has 0 saturated heterocycles. The van der Waals surface area contributed by atoms with E-state index in [9.17, 15) is 18.8 Å². The van der Waals surface area contributed by atoms with E-state index in [1.807, 2.05) is 6.92 Å². The van der Waals surface area contributed by atoms with Crippen molar-refractivity contribution in [1.82, 2.24) is 4.90 Å². The second kappa shape index (κ2) is 9.99. The number of amides is 3. The second-order valence-electron chi connectivity index (χ2n) is 6.95. The van der Waals surface area contributed by atoms with Gasteiger partial charge in [-0.25, -0.2) is 4.39 Å². The topological polar surface area (TPSA) is 87.7 Å². The molecule has 162 valence electrons. The Hall–Kier alpha value is -3.52. The number of imide groups is 1. The maximum atomic E-state index is 13.4. The van der Waals surface area contributed by atoms with E-state index in [1.54, 1.807) is 24.3 Å². The predicted molar refractivity (Wildman–Crippen MR) is 116 cm³/mol. The standard InChI is InChI=1S/C23H24FN3O4/c1-3-31-14-4-13-27-22(29)20(16-5-7-17(24)8-6-16)21(23(27)30)26-19-11-9-18(10-12-19)25-15(2)28/h5-12,26H,3-4,13-14H2,1-2H3,(H,25,28). The number of hydrogen-bond donors (Lipinski definition) is 2. The minimum Gasteiger partial charge on any atom is -0.382 e. The maximum absolute atomic E-state index is 13.4. The zero-order valence-corrected chi connectivity index (χ0v) is 17.4. The Morgan fingerprint density at radius 3 is 2.26 bits per heavy atom. The smallest absolute Gasteiger partial charge is 0.278 e. The van der Waals surface area contributed by atoms with Crippen LogP contribution in [0.4, 0.5) is 15.8 Å². The summed E-state index contributed by atoms with van der Waals surface area (Å²) in [5, 5.41) is 5.69. The monoisotopic (exact) mass is 425 g/mol. The van der Waals surface area contributed by atoms with Crippen molar-refractivity contribution in [2.24, 2.45) is 0 Å². The van der Waals surface area contributed by atoms with Gasteiger partial charge in [-0.2, -0.15) is 0 Å². The van der Waals surface area contributed by atoms with Gasteiger partial charge < -0.3 is 15.4 Å². The van der Waals surface area contributed by atoms with E-state index in [4.69, 9.17) is 4.74 Å². The van der Waals surface area contributed by atoms with Crippen molar-refractivity contribution in [3.63, 3.8) is 0 Å². The summed E-state index contributed by atoms with van der Waals surface area (Å²) in [6.45, 7) is 4.50. The van der Waals surface area contributed by atoms with E-state index in [1.165, 1.54) is 36.1 Å². The zero-order chi connectivity index (χ0) is 22.4. The molecule has 3 amide bonds. The molecule has 0 aliphatic carbocycles. The van der Waals surface area contributed by atoms with Crippen LogP contribution in [0.2, 0.25) is 0 Å².